The molecule has 0 spiro atoms. The van der Waals surface area contributed by atoms with Crippen LogP contribution in [0.3, 0.4) is 0 Å². The van der Waals surface area contributed by atoms with Crippen molar-refractivity contribution in [1.82, 2.24) is 5.32 Å². The van der Waals surface area contributed by atoms with Crippen LogP contribution in [0.2, 0.25) is 0 Å². The summed E-state index contributed by atoms with van der Waals surface area (Å²) < 4.78 is 10.0. The van der Waals surface area contributed by atoms with Gasteiger partial charge >= 0.3 is 5.97 Å². The molecular formula is C14H18N2O4. The minimum Gasteiger partial charge on any atom is -0.465 e. The molecule has 2 N–H and O–H groups in total. The van der Waals surface area contributed by atoms with E-state index < -0.39 is 5.97 Å². The maximum absolute atomic E-state index is 12.3. The predicted molar refractivity (Wildman–Crippen MR) is 73.6 cm³/mol. The molecule has 2 unspecified atom stereocenters. The number of carbonyl (C=O) groups excluding carboxylic acids is 2. The van der Waals surface area contributed by atoms with Crippen LogP contribution < -0.4 is 10.6 Å². The molecule has 1 heterocycles. The minimum atomic E-state index is -0.478. The fourth-order valence-corrected chi connectivity index (χ4v) is 2.20. The summed E-state index contributed by atoms with van der Waals surface area (Å²) in [6, 6.07) is 6.75. The minimum absolute atomic E-state index is 0.0136. The summed E-state index contributed by atoms with van der Waals surface area (Å²) in [6.45, 7) is 0.880. The van der Waals surface area contributed by atoms with Crippen LogP contribution >= 0.6 is 0 Å². The Bertz CT molecular complexity index is 504. The van der Waals surface area contributed by atoms with Gasteiger partial charge in [-0.25, -0.2) is 4.79 Å². The fraction of sp³-hybridized carbons (Fsp3) is 0.429. The van der Waals surface area contributed by atoms with Crippen molar-refractivity contribution in [2.24, 2.45) is 5.92 Å². The summed E-state index contributed by atoms with van der Waals surface area (Å²) in [5, 5.41) is 5.82. The van der Waals surface area contributed by atoms with Crippen LogP contribution in [0, 0.1) is 5.92 Å². The average molecular weight is 278 g/mol. The Kier molecular flexibility index (Phi) is 4.70. The van der Waals surface area contributed by atoms with Crippen LogP contribution in [0.4, 0.5) is 5.69 Å². The summed E-state index contributed by atoms with van der Waals surface area (Å²) in [4.78, 5) is 23.9. The molecule has 1 aromatic rings. The normalized spacial score (nSPS) is 21.5. The number of hydrogen-bond acceptors (Lipinski definition) is 5. The van der Waals surface area contributed by atoms with Gasteiger partial charge in [0.05, 0.1) is 37.5 Å². The number of methoxy groups -OCH3 is 1. The van der Waals surface area contributed by atoms with Crippen LogP contribution in [0.5, 0.6) is 0 Å². The first-order valence-corrected chi connectivity index (χ1v) is 6.40. The van der Waals surface area contributed by atoms with Crippen LogP contribution in [0.1, 0.15) is 10.4 Å². The number of benzene rings is 1. The van der Waals surface area contributed by atoms with Gasteiger partial charge in [0.1, 0.15) is 0 Å². The lowest BCUT2D eigenvalue weighted by atomic mass is 10.0. The highest BCUT2D eigenvalue weighted by Crippen LogP contribution is 2.20. The molecular weight excluding hydrogens is 260 g/mol. The number of nitrogens with one attached hydrogen (secondary N) is 2. The Morgan fingerprint density at radius 3 is 2.75 bits per heavy atom. The topological polar surface area (TPSA) is 76.7 Å². The molecule has 0 aromatic heterocycles. The summed E-state index contributed by atoms with van der Waals surface area (Å²) in [6.07, 6.45) is 0. The molecule has 6 nitrogen and oxygen atoms in total. The monoisotopic (exact) mass is 278 g/mol. The number of likely N-dealkylation sites (N-methyl/N-ethyl adjacent to an activating group) is 1. The van der Waals surface area contributed by atoms with Crippen LogP contribution in [-0.2, 0) is 14.3 Å². The molecule has 1 fully saturated rings. The predicted octanol–water partition coefficient (Wildman–Crippen LogP) is 0.646. The molecule has 108 valence electrons. The third-order valence-electron chi connectivity index (χ3n) is 3.38. The lowest BCUT2D eigenvalue weighted by Crippen LogP contribution is -2.39. The van der Waals surface area contributed by atoms with Crippen molar-refractivity contribution in [2.45, 2.75) is 6.04 Å². The molecule has 1 aromatic carbocycles. The quantitative estimate of drug-likeness (QED) is 0.791. The molecule has 1 aliphatic rings. The van der Waals surface area contributed by atoms with Gasteiger partial charge < -0.3 is 20.1 Å². The van der Waals surface area contributed by atoms with Crippen LogP contribution in [0.25, 0.3) is 0 Å². The van der Waals surface area contributed by atoms with Crippen molar-refractivity contribution in [3.8, 4) is 0 Å². The zero-order valence-electron chi connectivity index (χ0n) is 11.5. The van der Waals surface area contributed by atoms with E-state index in [0.717, 1.165) is 0 Å². The number of anilines is 1. The number of rotatable bonds is 4. The van der Waals surface area contributed by atoms with Gasteiger partial charge in [0, 0.05) is 6.04 Å². The van der Waals surface area contributed by atoms with Gasteiger partial charge in [0.25, 0.3) is 0 Å². The highest BCUT2D eigenvalue weighted by molar-refractivity contribution is 6.02. The molecule has 0 saturated carbocycles. The van der Waals surface area contributed by atoms with E-state index in [-0.39, 0.29) is 17.9 Å². The number of para-hydroxylation sites is 1. The molecule has 1 saturated heterocycles. The van der Waals surface area contributed by atoms with Crippen molar-refractivity contribution in [1.29, 1.82) is 0 Å². The Morgan fingerprint density at radius 1 is 1.30 bits per heavy atom. The summed E-state index contributed by atoms with van der Waals surface area (Å²) in [5.41, 5.74) is 0.786. The summed E-state index contributed by atoms with van der Waals surface area (Å²) in [7, 11) is 3.10. The van der Waals surface area contributed by atoms with Crippen LogP contribution in [-0.4, -0.2) is 45.3 Å². The molecule has 2 rings (SSSR count). The smallest absolute Gasteiger partial charge is 0.339 e. The van der Waals surface area contributed by atoms with E-state index in [2.05, 4.69) is 10.6 Å². The van der Waals surface area contributed by atoms with Gasteiger partial charge in [-0.2, -0.15) is 0 Å². The number of amides is 1. The van der Waals surface area contributed by atoms with E-state index in [1.807, 2.05) is 0 Å². The molecule has 20 heavy (non-hydrogen) atoms. The Balaban J connectivity index is 2.14. The average Bonchev–Trinajstić information content (AvgIpc) is 2.95. The van der Waals surface area contributed by atoms with Gasteiger partial charge in [-0.15, -0.1) is 0 Å². The largest absolute Gasteiger partial charge is 0.465 e. The Morgan fingerprint density at radius 2 is 2.05 bits per heavy atom. The van der Waals surface area contributed by atoms with Crippen molar-refractivity contribution >= 4 is 17.6 Å². The maximum atomic E-state index is 12.3. The molecule has 0 radical (unpaired) electrons. The third kappa shape index (κ3) is 2.97. The van der Waals surface area contributed by atoms with Crippen molar-refractivity contribution < 1.29 is 19.1 Å². The van der Waals surface area contributed by atoms with Gasteiger partial charge in [-0.05, 0) is 19.2 Å². The lowest BCUT2D eigenvalue weighted by molar-refractivity contribution is -0.120. The highest BCUT2D eigenvalue weighted by atomic mass is 16.5. The Hall–Kier alpha value is -1.92. The number of carbonyl (C=O) groups is 2. The fourth-order valence-electron chi connectivity index (χ4n) is 2.20. The lowest BCUT2D eigenvalue weighted by Gasteiger charge is -2.17. The van der Waals surface area contributed by atoms with Gasteiger partial charge in [-0.3, -0.25) is 4.79 Å². The van der Waals surface area contributed by atoms with E-state index in [1.54, 1.807) is 31.3 Å². The summed E-state index contributed by atoms with van der Waals surface area (Å²) >= 11 is 0. The van der Waals surface area contributed by atoms with Gasteiger partial charge in [0.15, 0.2) is 0 Å². The van der Waals surface area contributed by atoms with E-state index >= 15 is 0 Å². The molecule has 6 heteroatoms. The van der Waals surface area contributed by atoms with Crippen molar-refractivity contribution in [2.75, 3.05) is 32.7 Å². The van der Waals surface area contributed by atoms with Crippen molar-refractivity contribution in [3.05, 3.63) is 29.8 Å². The molecule has 0 bridgehead atoms. The first-order chi connectivity index (χ1) is 9.67. The number of ether oxygens (including phenoxy) is 2. The van der Waals surface area contributed by atoms with Crippen molar-refractivity contribution in [3.63, 3.8) is 0 Å². The zero-order chi connectivity index (χ0) is 14.5. The second kappa shape index (κ2) is 6.49. The van der Waals surface area contributed by atoms with E-state index in [4.69, 9.17) is 9.47 Å². The highest BCUT2D eigenvalue weighted by Gasteiger charge is 2.33. The molecule has 1 amide bonds. The number of hydrogen-bond donors (Lipinski definition) is 2. The molecule has 2 atom stereocenters. The first kappa shape index (κ1) is 14.5. The molecule has 1 aliphatic heterocycles. The van der Waals surface area contributed by atoms with Crippen LogP contribution in [0.15, 0.2) is 24.3 Å². The Labute approximate surface area is 117 Å². The second-order valence-corrected chi connectivity index (χ2v) is 4.57. The number of esters is 1. The molecule has 0 aliphatic carbocycles. The van der Waals surface area contributed by atoms with E-state index in [0.29, 0.717) is 24.5 Å². The van der Waals surface area contributed by atoms with E-state index in [1.165, 1.54) is 7.11 Å². The van der Waals surface area contributed by atoms with E-state index in [9.17, 15) is 9.59 Å². The maximum Gasteiger partial charge on any atom is 0.339 e. The zero-order valence-corrected chi connectivity index (χ0v) is 11.5. The first-order valence-electron chi connectivity index (χ1n) is 6.40. The third-order valence-corrected chi connectivity index (χ3v) is 3.38. The SMILES string of the molecule is CNC1COCC1C(=O)Nc1ccccc1C(=O)OC. The summed E-state index contributed by atoms with van der Waals surface area (Å²) in [5.74, 6) is -0.919. The standard InChI is InChI=1S/C14H18N2O4/c1-15-12-8-20-7-10(12)13(17)16-11-6-4-3-5-9(11)14(18)19-2/h3-6,10,12,15H,7-8H2,1-2H3,(H,16,17). The van der Waals surface area contributed by atoms with Gasteiger partial charge in [0.2, 0.25) is 5.91 Å². The van der Waals surface area contributed by atoms with Gasteiger partial charge in [-0.1, -0.05) is 12.1 Å². The second-order valence-electron chi connectivity index (χ2n) is 4.57.